The van der Waals surface area contributed by atoms with Crippen molar-refractivity contribution in [1.82, 2.24) is 0 Å². The Kier molecular flexibility index (Phi) is 3.35. The van der Waals surface area contributed by atoms with Gasteiger partial charge in [-0.25, -0.2) is 0 Å². The van der Waals surface area contributed by atoms with E-state index in [-0.39, 0.29) is 11.5 Å². The SMILES string of the molecule is CC12CCC3C(CC=C4CC(O)CCC43C)C1CCCC2=O. The van der Waals surface area contributed by atoms with Gasteiger partial charge in [-0.05, 0) is 74.5 Å². The zero-order chi connectivity index (χ0) is 15.5. The van der Waals surface area contributed by atoms with Crippen LogP contribution >= 0.6 is 0 Å². The predicted octanol–water partition coefficient (Wildman–Crippen LogP) is 4.27. The lowest BCUT2D eigenvalue weighted by molar-refractivity contribution is -0.145. The van der Waals surface area contributed by atoms with Crippen molar-refractivity contribution in [3.05, 3.63) is 11.6 Å². The Morgan fingerprint density at radius 2 is 1.82 bits per heavy atom. The molecule has 3 saturated carbocycles. The van der Waals surface area contributed by atoms with Gasteiger partial charge in [0.2, 0.25) is 0 Å². The molecule has 0 aliphatic heterocycles. The van der Waals surface area contributed by atoms with E-state index < -0.39 is 0 Å². The van der Waals surface area contributed by atoms with E-state index in [9.17, 15) is 9.90 Å². The molecule has 0 saturated heterocycles. The smallest absolute Gasteiger partial charge is 0.139 e. The van der Waals surface area contributed by atoms with Gasteiger partial charge in [0.05, 0.1) is 6.10 Å². The number of ketones is 1. The third-order valence-corrected chi connectivity index (χ3v) is 8.02. The summed E-state index contributed by atoms with van der Waals surface area (Å²) in [4.78, 5) is 12.6. The van der Waals surface area contributed by atoms with E-state index in [1.807, 2.05) is 0 Å². The number of allylic oxidation sites excluding steroid dienone is 1. The topological polar surface area (TPSA) is 37.3 Å². The van der Waals surface area contributed by atoms with Gasteiger partial charge in [0.25, 0.3) is 0 Å². The lowest BCUT2D eigenvalue weighted by atomic mass is 9.45. The van der Waals surface area contributed by atoms with Gasteiger partial charge in [0, 0.05) is 11.8 Å². The summed E-state index contributed by atoms with van der Waals surface area (Å²) < 4.78 is 0. The van der Waals surface area contributed by atoms with E-state index in [1.54, 1.807) is 0 Å². The van der Waals surface area contributed by atoms with E-state index in [0.29, 0.717) is 23.0 Å². The number of hydrogen-bond donors (Lipinski definition) is 1. The van der Waals surface area contributed by atoms with Crippen molar-refractivity contribution in [2.24, 2.45) is 28.6 Å². The molecular weight excluding hydrogens is 272 g/mol. The van der Waals surface area contributed by atoms with Crippen molar-refractivity contribution in [2.75, 3.05) is 0 Å². The minimum absolute atomic E-state index is 0.0324. The molecule has 0 amide bonds. The van der Waals surface area contributed by atoms with E-state index in [0.717, 1.165) is 50.9 Å². The van der Waals surface area contributed by atoms with Crippen LogP contribution in [-0.4, -0.2) is 17.0 Å². The van der Waals surface area contributed by atoms with E-state index in [2.05, 4.69) is 19.9 Å². The Morgan fingerprint density at radius 3 is 2.64 bits per heavy atom. The van der Waals surface area contributed by atoms with Gasteiger partial charge in [0.15, 0.2) is 0 Å². The molecule has 3 fully saturated rings. The maximum atomic E-state index is 12.6. The first-order chi connectivity index (χ1) is 10.4. The highest BCUT2D eigenvalue weighted by molar-refractivity contribution is 5.85. The van der Waals surface area contributed by atoms with Crippen molar-refractivity contribution in [3.63, 3.8) is 0 Å². The molecule has 0 radical (unpaired) electrons. The van der Waals surface area contributed by atoms with E-state index in [4.69, 9.17) is 0 Å². The molecule has 0 spiro atoms. The number of aliphatic hydroxyl groups is 1. The van der Waals surface area contributed by atoms with Crippen LogP contribution < -0.4 is 0 Å². The summed E-state index contributed by atoms with van der Waals surface area (Å²) in [5.74, 6) is 2.59. The zero-order valence-corrected chi connectivity index (χ0v) is 14.1. The second kappa shape index (κ2) is 4.93. The molecule has 0 heterocycles. The summed E-state index contributed by atoms with van der Waals surface area (Å²) in [5.41, 5.74) is 1.79. The van der Waals surface area contributed by atoms with Crippen LogP contribution in [0.3, 0.4) is 0 Å². The maximum Gasteiger partial charge on any atom is 0.139 e. The molecule has 4 aliphatic carbocycles. The lowest BCUT2D eigenvalue weighted by Gasteiger charge is -2.59. The average Bonchev–Trinajstić information content (AvgIpc) is 2.49. The fourth-order valence-corrected chi connectivity index (χ4v) is 6.61. The van der Waals surface area contributed by atoms with Crippen LogP contribution in [0.1, 0.15) is 71.6 Å². The molecule has 6 unspecified atom stereocenters. The number of carbonyl (C=O) groups excluding carboxylic acids is 1. The average molecular weight is 302 g/mol. The maximum absolute atomic E-state index is 12.6. The van der Waals surface area contributed by atoms with Crippen LogP contribution in [0, 0.1) is 28.6 Å². The molecule has 4 aliphatic rings. The van der Waals surface area contributed by atoms with Crippen molar-refractivity contribution in [2.45, 2.75) is 77.7 Å². The monoisotopic (exact) mass is 302 g/mol. The third kappa shape index (κ3) is 1.92. The third-order valence-electron chi connectivity index (χ3n) is 8.02. The van der Waals surface area contributed by atoms with Gasteiger partial charge in [-0.2, -0.15) is 0 Å². The number of Topliss-reactive ketones (excluding diaryl/α,β-unsaturated/α-hetero) is 1. The highest BCUT2D eigenvalue weighted by Crippen LogP contribution is 2.63. The molecule has 0 aromatic heterocycles. The molecule has 0 aromatic carbocycles. The van der Waals surface area contributed by atoms with E-state index in [1.165, 1.54) is 18.4 Å². The summed E-state index contributed by atoms with van der Waals surface area (Å²) >= 11 is 0. The minimum atomic E-state index is -0.124. The predicted molar refractivity (Wildman–Crippen MR) is 87.3 cm³/mol. The molecular formula is C20H30O2. The minimum Gasteiger partial charge on any atom is -0.393 e. The van der Waals surface area contributed by atoms with Crippen LogP contribution in [0.25, 0.3) is 0 Å². The van der Waals surface area contributed by atoms with Gasteiger partial charge in [-0.3, -0.25) is 4.79 Å². The summed E-state index contributed by atoms with van der Waals surface area (Å²) in [6.07, 6.45) is 12.0. The Hall–Kier alpha value is -0.630. The lowest BCUT2D eigenvalue weighted by Crippen LogP contribution is -2.54. The van der Waals surface area contributed by atoms with Gasteiger partial charge < -0.3 is 5.11 Å². The molecule has 0 aromatic rings. The Bertz CT molecular complexity index is 522. The second-order valence-electron chi connectivity index (χ2n) is 8.93. The number of rotatable bonds is 0. The standard InChI is InChI=1S/C20H30O2/c1-19-10-8-14(21)12-13(19)6-7-15-16-4-3-5-18(22)20(16,2)11-9-17(15)19/h6,14-17,21H,3-5,7-12H2,1-2H3. The molecule has 1 N–H and O–H groups in total. The molecule has 122 valence electrons. The second-order valence-corrected chi connectivity index (χ2v) is 8.93. The fourth-order valence-electron chi connectivity index (χ4n) is 6.61. The molecule has 2 nitrogen and oxygen atoms in total. The Balaban J connectivity index is 1.69. The number of hydrogen-bond acceptors (Lipinski definition) is 2. The Labute approximate surface area is 134 Å². The number of carbonyl (C=O) groups is 1. The van der Waals surface area contributed by atoms with Crippen LogP contribution in [0.5, 0.6) is 0 Å². The first-order valence-corrected chi connectivity index (χ1v) is 9.36. The van der Waals surface area contributed by atoms with Gasteiger partial charge >= 0.3 is 0 Å². The molecule has 4 rings (SSSR count). The molecule has 0 bridgehead atoms. The van der Waals surface area contributed by atoms with Crippen LogP contribution in [0.4, 0.5) is 0 Å². The van der Waals surface area contributed by atoms with Gasteiger partial charge in [-0.15, -0.1) is 0 Å². The van der Waals surface area contributed by atoms with Gasteiger partial charge in [0.1, 0.15) is 5.78 Å². The highest BCUT2D eigenvalue weighted by atomic mass is 16.3. The summed E-state index contributed by atoms with van der Waals surface area (Å²) in [6, 6.07) is 0. The molecule has 2 heteroatoms. The normalized spacial score (nSPS) is 51.4. The quantitative estimate of drug-likeness (QED) is 0.679. The van der Waals surface area contributed by atoms with Crippen LogP contribution in [-0.2, 0) is 4.79 Å². The number of aliphatic hydroxyl groups excluding tert-OH is 1. The van der Waals surface area contributed by atoms with Crippen molar-refractivity contribution in [3.8, 4) is 0 Å². The number of fused-ring (bicyclic) bond motifs is 5. The van der Waals surface area contributed by atoms with Crippen molar-refractivity contribution in [1.29, 1.82) is 0 Å². The van der Waals surface area contributed by atoms with Gasteiger partial charge in [-0.1, -0.05) is 25.5 Å². The molecule has 22 heavy (non-hydrogen) atoms. The first-order valence-electron chi connectivity index (χ1n) is 9.36. The fraction of sp³-hybridized carbons (Fsp3) is 0.850. The summed E-state index contributed by atoms with van der Waals surface area (Å²) in [6.45, 7) is 4.72. The molecule has 6 atom stereocenters. The first kappa shape index (κ1) is 14.9. The summed E-state index contributed by atoms with van der Waals surface area (Å²) in [5, 5.41) is 10.0. The van der Waals surface area contributed by atoms with E-state index >= 15 is 0 Å². The zero-order valence-electron chi connectivity index (χ0n) is 14.1. The Morgan fingerprint density at radius 1 is 1.09 bits per heavy atom. The van der Waals surface area contributed by atoms with Crippen molar-refractivity contribution >= 4 is 5.78 Å². The highest BCUT2D eigenvalue weighted by Gasteiger charge is 2.57. The van der Waals surface area contributed by atoms with Crippen LogP contribution in [0.2, 0.25) is 0 Å². The van der Waals surface area contributed by atoms with Crippen molar-refractivity contribution < 1.29 is 9.90 Å². The largest absolute Gasteiger partial charge is 0.393 e. The van der Waals surface area contributed by atoms with Crippen LogP contribution in [0.15, 0.2) is 11.6 Å². The summed E-state index contributed by atoms with van der Waals surface area (Å²) in [7, 11) is 0.